The maximum atomic E-state index is 11.9. The molecule has 2 aromatic carbocycles. The number of nitrogens with zero attached hydrogens (tertiary/aromatic N) is 3. The molecule has 2 unspecified atom stereocenters. The van der Waals surface area contributed by atoms with Gasteiger partial charge in [-0.05, 0) is 30.4 Å². The number of guanidine groups is 1. The normalized spacial score (nSPS) is 20.2. The van der Waals surface area contributed by atoms with E-state index in [4.69, 9.17) is 5.73 Å². The molecule has 4 rings (SSSR count). The first-order valence-corrected chi connectivity index (χ1v) is 10.8. The molecule has 2 atom stereocenters. The van der Waals surface area contributed by atoms with Crippen LogP contribution >= 0.6 is 0 Å². The van der Waals surface area contributed by atoms with Crippen molar-refractivity contribution in [1.82, 2.24) is 15.5 Å². The fourth-order valence-electron chi connectivity index (χ4n) is 4.05. The van der Waals surface area contributed by atoms with Crippen LogP contribution in [0, 0.1) is 0 Å². The lowest BCUT2D eigenvalue weighted by molar-refractivity contribution is -0.142. The maximum Gasteiger partial charge on any atom is 0.326 e. The van der Waals surface area contributed by atoms with Crippen molar-refractivity contribution in [2.45, 2.75) is 38.0 Å². The van der Waals surface area contributed by atoms with Crippen molar-refractivity contribution in [3.8, 4) is 0 Å². The zero-order valence-corrected chi connectivity index (χ0v) is 17.8. The fraction of sp³-hybridized carbons (Fsp3) is 0.292. The number of aliphatic imine (C=N–C) groups is 2. The predicted octanol–water partition coefficient (Wildman–Crippen LogP) is 2.05. The number of hydrogen-bond donors (Lipinski definition) is 4. The Morgan fingerprint density at radius 2 is 1.81 bits per heavy atom. The summed E-state index contributed by atoms with van der Waals surface area (Å²) in [6.07, 6.45) is 3.25. The van der Waals surface area contributed by atoms with Gasteiger partial charge in [0.05, 0.1) is 12.2 Å². The summed E-state index contributed by atoms with van der Waals surface area (Å²) in [5.74, 6) is 0.120. The van der Waals surface area contributed by atoms with E-state index >= 15 is 0 Å². The molecule has 1 fully saturated rings. The second kappa shape index (κ2) is 10.00. The lowest BCUT2D eigenvalue weighted by Gasteiger charge is -2.35. The van der Waals surface area contributed by atoms with Crippen LogP contribution in [0.2, 0.25) is 0 Å². The van der Waals surface area contributed by atoms with Gasteiger partial charge < -0.3 is 26.4 Å². The first-order valence-electron chi connectivity index (χ1n) is 10.8. The minimum atomic E-state index is -0.856. The Labute approximate surface area is 187 Å². The Morgan fingerprint density at radius 3 is 2.50 bits per heavy atom. The van der Waals surface area contributed by atoms with E-state index in [2.05, 4.69) is 32.8 Å². The van der Waals surface area contributed by atoms with Gasteiger partial charge in [-0.15, -0.1) is 0 Å². The Morgan fingerprint density at radius 1 is 1.12 bits per heavy atom. The maximum absolute atomic E-state index is 11.9. The number of fused-ring (bicyclic) bond motifs is 1. The average Bonchev–Trinajstić information content (AvgIpc) is 3.27. The second-order valence-electron chi connectivity index (χ2n) is 7.81. The second-order valence-corrected chi connectivity index (χ2v) is 7.81. The first-order chi connectivity index (χ1) is 15.6. The Bertz CT molecular complexity index is 1020. The lowest BCUT2D eigenvalue weighted by atomic mass is 10.1. The molecular formula is C24H28N6O2. The Kier molecular flexibility index (Phi) is 6.69. The lowest BCUT2D eigenvalue weighted by Crippen LogP contribution is -2.55. The van der Waals surface area contributed by atoms with Gasteiger partial charge in [-0.2, -0.15) is 0 Å². The van der Waals surface area contributed by atoms with Crippen LogP contribution in [0.15, 0.2) is 82.2 Å². The van der Waals surface area contributed by atoms with Crippen molar-refractivity contribution < 1.29 is 9.90 Å². The summed E-state index contributed by atoms with van der Waals surface area (Å²) < 4.78 is 0. The molecule has 0 amide bonds. The molecule has 2 aliphatic heterocycles. The molecule has 8 nitrogen and oxygen atoms in total. The number of allylic oxidation sites excluding steroid dienone is 1. The number of rotatable bonds is 8. The van der Waals surface area contributed by atoms with Gasteiger partial charge in [-0.1, -0.05) is 60.7 Å². The smallest absolute Gasteiger partial charge is 0.326 e. The van der Waals surface area contributed by atoms with Crippen molar-refractivity contribution >= 4 is 18.1 Å². The summed E-state index contributed by atoms with van der Waals surface area (Å²) in [5, 5.41) is 16.3. The summed E-state index contributed by atoms with van der Waals surface area (Å²) in [6, 6.07) is 19.4. The molecule has 32 heavy (non-hydrogen) atoms. The predicted molar refractivity (Wildman–Crippen MR) is 125 cm³/mol. The van der Waals surface area contributed by atoms with Crippen molar-refractivity contribution in [2.75, 3.05) is 6.54 Å². The van der Waals surface area contributed by atoms with Gasteiger partial charge in [0, 0.05) is 12.8 Å². The molecule has 2 aliphatic rings. The van der Waals surface area contributed by atoms with Gasteiger partial charge in [-0.3, -0.25) is 0 Å². The molecule has 166 valence electrons. The van der Waals surface area contributed by atoms with Crippen LogP contribution in [0.4, 0.5) is 0 Å². The van der Waals surface area contributed by atoms with Crippen LogP contribution in [-0.2, 0) is 17.8 Å². The summed E-state index contributed by atoms with van der Waals surface area (Å²) >= 11 is 0. The molecule has 0 spiro atoms. The van der Waals surface area contributed by atoms with E-state index in [1.165, 1.54) is 5.56 Å². The molecule has 0 saturated carbocycles. The van der Waals surface area contributed by atoms with Crippen LogP contribution in [0.1, 0.15) is 24.0 Å². The highest BCUT2D eigenvalue weighted by molar-refractivity contribution is 5.84. The quantitative estimate of drug-likeness (QED) is 0.375. The van der Waals surface area contributed by atoms with Crippen LogP contribution in [0.25, 0.3) is 0 Å². The van der Waals surface area contributed by atoms with Crippen LogP contribution < -0.4 is 16.4 Å². The van der Waals surface area contributed by atoms with Gasteiger partial charge in [-0.25, -0.2) is 14.8 Å². The summed E-state index contributed by atoms with van der Waals surface area (Å²) in [4.78, 5) is 22.7. The molecule has 0 bridgehead atoms. The van der Waals surface area contributed by atoms with E-state index in [0.29, 0.717) is 25.9 Å². The third-order valence-corrected chi connectivity index (χ3v) is 5.62. The highest BCUT2D eigenvalue weighted by Gasteiger charge is 2.41. The third kappa shape index (κ3) is 5.08. The van der Waals surface area contributed by atoms with Crippen molar-refractivity contribution in [3.05, 3.63) is 83.3 Å². The minimum absolute atomic E-state index is 0.251. The summed E-state index contributed by atoms with van der Waals surface area (Å²) in [6.45, 7) is 1.16. The molecule has 0 aliphatic carbocycles. The van der Waals surface area contributed by atoms with Crippen LogP contribution in [0.3, 0.4) is 0 Å². The van der Waals surface area contributed by atoms with E-state index < -0.39 is 18.2 Å². The van der Waals surface area contributed by atoms with Crippen LogP contribution in [-0.4, -0.2) is 46.9 Å². The van der Waals surface area contributed by atoms with E-state index in [1.54, 1.807) is 6.21 Å². The number of aliphatic carboxylic acids is 1. The van der Waals surface area contributed by atoms with Crippen molar-refractivity contribution in [3.63, 3.8) is 0 Å². The Balaban J connectivity index is 1.44. The van der Waals surface area contributed by atoms with Crippen molar-refractivity contribution in [2.24, 2.45) is 15.7 Å². The number of benzene rings is 2. The minimum Gasteiger partial charge on any atom is -0.480 e. The first kappa shape index (κ1) is 21.4. The van der Waals surface area contributed by atoms with Gasteiger partial charge in [0.25, 0.3) is 0 Å². The fourth-order valence-corrected chi connectivity index (χ4v) is 4.05. The SMILES string of the molecule is NC(=NCc1ccccc1)NC1C=NC(NCCc2ccccc2)=C2CCC(C(=O)O)N21. The summed E-state index contributed by atoms with van der Waals surface area (Å²) in [5.41, 5.74) is 9.28. The highest BCUT2D eigenvalue weighted by Crippen LogP contribution is 2.33. The molecule has 2 aromatic rings. The molecule has 0 aromatic heterocycles. The van der Waals surface area contributed by atoms with E-state index in [1.807, 2.05) is 53.4 Å². The molecule has 2 heterocycles. The number of nitrogens with one attached hydrogen (secondary N) is 2. The molecule has 1 saturated heterocycles. The largest absolute Gasteiger partial charge is 0.480 e. The molecular weight excluding hydrogens is 404 g/mol. The number of hydrogen-bond acceptors (Lipinski definition) is 5. The zero-order valence-electron chi connectivity index (χ0n) is 17.8. The van der Waals surface area contributed by atoms with Gasteiger partial charge in [0.1, 0.15) is 18.0 Å². The summed E-state index contributed by atoms with van der Waals surface area (Å²) in [7, 11) is 0. The molecule has 8 heteroatoms. The van der Waals surface area contributed by atoms with E-state index in [9.17, 15) is 9.90 Å². The monoisotopic (exact) mass is 432 g/mol. The molecule has 0 radical (unpaired) electrons. The average molecular weight is 433 g/mol. The topological polar surface area (TPSA) is 115 Å². The number of nitrogens with two attached hydrogens (primary N) is 1. The van der Waals surface area contributed by atoms with Gasteiger partial charge in [0.2, 0.25) is 0 Å². The van der Waals surface area contributed by atoms with E-state index in [-0.39, 0.29) is 5.96 Å². The van der Waals surface area contributed by atoms with Crippen molar-refractivity contribution in [1.29, 1.82) is 0 Å². The number of carboxylic acids is 1. The van der Waals surface area contributed by atoms with E-state index in [0.717, 1.165) is 23.5 Å². The Hall–Kier alpha value is -3.81. The van der Waals surface area contributed by atoms with Crippen LogP contribution in [0.5, 0.6) is 0 Å². The number of carbonyl (C=O) groups is 1. The standard InChI is InChI=1S/C24H28N6O2/c25-24(28-15-18-9-5-2-6-10-18)29-21-16-27-22(19-11-12-20(23(31)32)30(19)21)26-14-13-17-7-3-1-4-8-17/h1-10,16,20-21,26H,11-15H2,(H,31,32)(H3,25,28,29). The van der Waals surface area contributed by atoms with Gasteiger partial charge >= 0.3 is 5.97 Å². The zero-order chi connectivity index (χ0) is 22.3. The third-order valence-electron chi connectivity index (χ3n) is 5.62. The van der Waals surface area contributed by atoms with Gasteiger partial charge in [0.15, 0.2) is 5.96 Å². The molecule has 5 N–H and O–H groups in total. The highest BCUT2D eigenvalue weighted by atomic mass is 16.4. The number of carboxylic acid groups (broad SMARTS) is 1.